The lowest BCUT2D eigenvalue weighted by atomic mass is 10.2. The highest BCUT2D eigenvalue weighted by Crippen LogP contribution is 2.20. The van der Waals surface area contributed by atoms with E-state index >= 15 is 0 Å². The normalized spacial score (nSPS) is 10.4. The van der Waals surface area contributed by atoms with Gasteiger partial charge in [-0.3, -0.25) is 4.79 Å². The van der Waals surface area contributed by atoms with Crippen molar-refractivity contribution in [3.05, 3.63) is 65.0 Å². The minimum atomic E-state index is -0.432. The van der Waals surface area contributed by atoms with Gasteiger partial charge >= 0.3 is 11.8 Å². The van der Waals surface area contributed by atoms with Crippen molar-refractivity contribution in [1.29, 1.82) is 0 Å². The number of aromatic nitrogens is 2. The molecular formula is C17H14ClN3O3. The van der Waals surface area contributed by atoms with Crippen LogP contribution in [0.3, 0.4) is 0 Å². The summed E-state index contributed by atoms with van der Waals surface area (Å²) >= 11 is 5.83. The third kappa shape index (κ3) is 3.72. The number of hydrogen-bond donors (Lipinski definition) is 1. The standard InChI is InChI=1S/C17H14ClN3O3/c1-23-14-8-2-11(3-9-14)10-19-15(22)17-21-20-16(24-17)12-4-6-13(18)7-5-12/h2-9H,10H2,1H3,(H,19,22). The molecule has 1 N–H and O–H groups in total. The minimum Gasteiger partial charge on any atom is -0.497 e. The summed E-state index contributed by atoms with van der Waals surface area (Å²) in [7, 11) is 1.60. The molecule has 3 aromatic rings. The molecular weight excluding hydrogens is 330 g/mol. The second-order valence-corrected chi connectivity index (χ2v) is 5.39. The lowest BCUT2D eigenvalue weighted by Crippen LogP contribution is -2.23. The molecule has 0 unspecified atom stereocenters. The fourth-order valence-corrected chi connectivity index (χ4v) is 2.15. The highest BCUT2D eigenvalue weighted by Gasteiger charge is 2.15. The average molecular weight is 344 g/mol. The van der Waals surface area contributed by atoms with E-state index in [9.17, 15) is 4.79 Å². The Bertz CT molecular complexity index is 829. The van der Waals surface area contributed by atoms with E-state index in [1.165, 1.54) is 0 Å². The predicted octanol–water partition coefficient (Wildman–Crippen LogP) is 3.33. The Morgan fingerprint density at radius 1 is 1.12 bits per heavy atom. The van der Waals surface area contributed by atoms with E-state index in [4.69, 9.17) is 20.8 Å². The lowest BCUT2D eigenvalue weighted by molar-refractivity contribution is 0.0917. The Morgan fingerprint density at radius 2 is 1.83 bits per heavy atom. The molecule has 3 rings (SSSR count). The molecule has 0 fully saturated rings. The predicted molar refractivity (Wildman–Crippen MR) is 88.9 cm³/mol. The number of carbonyl (C=O) groups is 1. The van der Waals surface area contributed by atoms with Crippen molar-refractivity contribution in [1.82, 2.24) is 15.5 Å². The molecule has 0 spiro atoms. The van der Waals surface area contributed by atoms with Crippen LogP contribution in [0.5, 0.6) is 5.75 Å². The highest BCUT2D eigenvalue weighted by molar-refractivity contribution is 6.30. The second-order valence-electron chi connectivity index (χ2n) is 4.95. The fourth-order valence-electron chi connectivity index (χ4n) is 2.03. The molecule has 0 saturated heterocycles. The molecule has 0 aliphatic carbocycles. The maximum Gasteiger partial charge on any atom is 0.309 e. The topological polar surface area (TPSA) is 77.2 Å². The van der Waals surface area contributed by atoms with Gasteiger partial charge in [0.1, 0.15) is 5.75 Å². The first-order valence-corrected chi connectivity index (χ1v) is 7.54. The summed E-state index contributed by atoms with van der Waals surface area (Å²) < 4.78 is 10.5. The molecule has 0 saturated carbocycles. The van der Waals surface area contributed by atoms with Gasteiger partial charge in [0.25, 0.3) is 0 Å². The maximum absolute atomic E-state index is 12.1. The molecule has 0 aliphatic rings. The van der Waals surface area contributed by atoms with Gasteiger partial charge in [0.05, 0.1) is 7.11 Å². The Hall–Kier alpha value is -2.86. The fraction of sp³-hybridized carbons (Fsp3) is 0.118. The van der Waals surface area contributed by atoms with Gasteiger partial charge < -0.3 is 14.5 Å². The number of methoxy groups -OCH3 is 1. The molecule has 1 heterocycles. The number of rotatable bonds is 5. The molecule has 2 aromatic carbocycles. The SMILES string of the molecule is COc1ccc(CNC(=O)c2nnc(-c3ccc(Cl)cc3)o2)cc1. The lowest BCUT2D eigenvalue weighted by Gasteiger charge is -2.04. The second kappa shape index (κ2) is 7.14. The number of nitrogens with zero attached hydrogens (tertiary/aromatic N) is 2. The van der Waals surface area contributed by atoms with Crippen LogP contribution in [0.1, 0.15) is 16.2 Å². The zero-order valence-electron chi connectivity index (χ0n) is 12.8. The van der Waals surface area contributed by atoms with Crippen LogP contribution < -0.4 is 10.1 Å². The van der Waals surface area contributed by atoms with Crippen LogP contribution in [0.4, 0.5) is 0 Å². The minimum absolute atomic E-state index is 0.0894. The number of hydrogen-bond acceptors (Lipinski definition) is 5. The molecule has 122 valence electrons. The van der Waals surface area contributed by atoms with Gasteiger partial charge in [0.2, 0.25) is 5.89 Å². The number of benzene rings is 2. The Kier molecular flexibility index (Phi) is 4.77. The summed E-state index contributed by atoms with van der Waals surface area (Å²) in [5.74, 6) is 0.503. The van der Waals surface area contributed by atoms with E-state index < -0.39 is 5.91 Å². The van der Waals surface area contributed by atoms with Crippen molar-refractivity contribution in [3.8, 4) is 17.2 Å². The van der Waals surface area contributed by atoms with Gasteiger partial charge in [-0.05, 0) is 42.0 Å². The van der Waals surface area contributed by atoms with Gasteiger partial charge in [0, 0.05) is 17.1 Å². The summed E-state index contributed by atoms with van der Waals surface area (Å²) in [4.78, 5) is 12.1. The van der Waals surface area contributed by atoms with E-state index in [1.54, 1.807) is 31.4 Å². The first kappa shape index (κ1) is 16.0. The van der Waals surface area contributed by atoms with E-state index in [-0.39, 0.29) is 11.8 Å². The Labute approximate surface area is 143 Å². The number of amides is 1. The Balaban J connectivity index is 1.64. The summed E-state index contributed by atoms with van der Waals surface area (Å²) in [6, 6.07) is 14.3. The molecule has 0 bridgehead atoms. The number of ether oxygens (including phenoxy) is 1. The highest BCUT2D eigenvalue weighted by atomic mass is 35.5. The van der Waals surface area contributed by atoms with Crippen molar-refractivity contribution >= 4 is 17.5 Å². The number of nitrogens with one attached hydrogen (secondary N) is 1. The number of halogens is 1. The summed E-state index contributed by atoms with van der Waals surface area (Å²) in [5, 5.41) is 11.0. The maximum atomic E-state index is 12.1. The van der Waals surface area contributed by atoms with Crippen LogP contribution in [0, 0.1) is 0 Å². The van der Waals surface area contributed by atoms with Gasteiger partial charge in [-0.1, -0.05) is 23.7 Å². The van der Waals surface area contributed by atoms with Gasteiger partial charge in [-0.15, -0.1) is 10.2 Å². The van der Waals surface area contributed by atoms with Crippen LogP contribution in [-0.4, -0.2) is 23.2 Å². The molecule has 0 atom stereocenters. The quantitative estimate of drug-likeness (QED) is 0.768. The smallest absolute Gasteiger partial charge is 0.309 e. The van der Waals surface area contributed by atoms with Gasteiger partial charge in [-0.2, -0.15) is 0 Å². The van der Waals surface area contributed by atoms with Crippen molar-refractivity contribution in [2.45, 2.75) is 6.54 Å². The Morgan fingerprint density at radius 3 is 2.50 bits per heavy atom. The van der Waals surface area contributed by atoms with Gasteiger partial charge in [-0.25, -0.2) is 0 Å². The van der Waals surface area contributed by atoms with E-state index in [0.29, 0.717) is 17.1 Å². The van der Waals surface area contributed by atoms with Crippen molar-refractivity contribution in [2.75, 3.05) is 7.11 Å². The van der Waals surface area contributed by atoms with Crippen LogP contribution in [0.25, 0.3) is 11.5 Å². The molecule has 1 aromatic heterocycles. The molecule has 0 radical (unpaired) electrons. The molecule has 1 amide bonds. The first-order chi connectivity index (χ1) is 11.7. The average Bonchev–Trinajstić information content (AvgIpc) is 3.11. The third-order valence-corrected chi connectivity index (χ3v) is 3.57. The van der Waals surface area contributed by atoms with Gasteiger partial charge in [0.15, 0.2) is 0 Å². The molecule has 0 aliphatic heterocycles. The first-order valence-electron chi connectivity index (χ1n) is 7.16. The van der Waals surface area contributed by atoms with Crippen LogP contribution in [-0.2, 0) is 6.54 Å². The largest absolute Gasteiger partial charge is 0.497 e. The van der Waals surface area contributed by atoms with Crippen LogP contribution in [0.15, 0.2) is 52.9 Å². The molecule has 24 heavy (non-hydrogen) atoms. The summed E-state index contributed by atoms with van der Waals surface area (Å²) in [6.45, 7) is 0.349. The van der Waals surface area contributed by atoms with Crippen molar-refractivity contribution in [2.24, 2.45) is 0 Å². The summed E-state index contributed by atoms with van der Waals surface area (Å²) in [6.07, 6.45) is 0. The molecule has 6 nitrogen and oxygen atoms in total. The van der Waals surface area contributed by atoms with E-state index in [1.807, 2.05) is 24.3 Å². The van der Waals surface area contributed by atoms with E-state index in [0.717, 1.165) is 11.3 Å². The van der Waals surface area contributed by atoms with Crippen molar-refractivity contribution in [3.63, 3.8) is 0 Å². The monoisotopic (exact) mass is 343 g/mol. The van der Waals surface area contributed by atoms with E-state index in [2.05, 4.69) is 15.5 Å². The summed E-state index contributed by atoms with van der Waals surface area (Å²) in [5.41, 5.74) is 1.63. The third-order valence-electron chi connectivity index (χ3n) is 3.32. The molecule has 7 heteroatoms. The number of carbonyl (C=O) groups excluding carboxylic acids is 1. The van der Waals surface area contributed by atoms with Crippen LogP contribution >= 0.6 is 11.6 Å². The zero-order valence-corrected chi connectivity index (χ0v) is 13.6. The van der Waals surface area contributed by atoms with Crippen LogP contribution in [0.2, 0.25) is 5.02 Å². The van der Waals surface area contributed by atoms with Crippen molar-refractivity contribution < 1.29 is 13.9 Å². The zero-order chi connectivity index (χ0) is 16.9.